The summed E-state index contributed by atoms with van der Waals surface area (Å²) >= 11 is 0. The molecule has 0 saturated carbocycles. The Morgan fingerprint density at radius 1 is 0.971 bits per heavy atom. The molecular weight excluding hydrogens is 430 g/mol. The molecule has 0 radical (unpaired) electrons. The van der Waals surface area contributed by atoms with E-state index in [1.807, 2.05) is 74.4 Å². The molecule has 0 aromatic heterocycles. The lowest BCUT2D eigenvalue weighted by molar-refractivity contribution is -0.124. The van der Waals surface area contributed by atoms with Gasteiger partial charge in [0.25, 0.3) is 0 Å². The van der Waals surface area contributed by atoms with Crippen molar-refractivity contribution in [3.8, 4) is 5.75 Å². The van der Waals surface area contributed by atoms with Gasteiger partial charge in [-0.15, -0.1) is 0 Å². The predicted molar refractivity (Wildman–Crippen MR) is 159 cm³/mol. The molecule has 2 unspecified atom stereocenters. The standard InChI is InChI=1S/C13H19NO.C9H12O.C6H14.2C2H6/c1-7(2)14-12-9(4)8(3)10(5)13(15)11(12)6;1-3-8-4-6-9(10-2)7-5-8;1-4-6(3)5-2;2*1-2/h10-11H,3H2,1-2,4-6H3;4-7H,3H2,1-2H3;6H,4-5H2,1-3H3;2*1-2H3. The number of ether oxygens (including phenoxy) is 1. The number of carbonyl (C=O) groups is 1. The molecule has 1 aromatic carbocycles. The Bertz CT molecular complexity index is 725. The van der Waals surface area contributed by atoms with Crippen LogP contribution in [0.15, 0.2) is 52.7 Å². The average Bonchev–Trinajstić information content (AvgIpc) is 2.91. The van der Waals surface area contributed by atoms with Gasteiger partial charge in [-0.2, -0.15) is 0 Å². The fourth-order valence-corrected chi connectivity index (χ4v) is 3.07. The normalized spacial score (nSPS) is 16.3. The van der Waals surface area contributed by atoms with Crippen LogP contribution in [-0.4, -0.2) is 18.6 Å². The maximum atomic E-state index is 11.9. The van der Waals surface area contributed by atoms with Crippen LogP contribution in [0.25, 0.3) is 0 Å². The molecule has 3 nitrogen and oxygen atoms in total. The number of nitrogens with zero attached hydrogens (tertiary/aromatic N) is 1. The van der Waals surface area contributed by atoms with E-state index >= 15 is 0 Å². The third-order valence-electron chi connectivity index (χ3n) is 5.96. The average molecular weight is 488 g/mol. The minimum atomic E-state index is -0.0969. The summed E-state index contributed by atoms with van der Waals surface area (Å²) in [7, 11) is 1.68. The lowest BCUT2D eigenvalue weighted by atomic mass is 9.78. The van der Waals surface area contributed by atoms with Gasteiger partial charge in [0.1, 0.15) is 11.5 Å². The second-order valence-corrected chi connectivity index (χ2v) is 8.56. The number of hydrogen-bond donors (Lipinski definition) is 0. The number of hydrogen-bond acceptors (Lipinski definition) is 3. The predicted octanol–water partition coefficient (Wildman–Crippen LogP) is 9.90. The molecule has 2 atom stereocenters. The Morgan fingerprint density at radius 2 is 1.43 bits per heavy atom. The molecule has 0 saturated heterocycles. The van der Waals surface area contributed by atoms with Crippen molar-refractivity contribution < 1.29 is 9.53 Å². The molecule has 0 spiro atoms. The van der Waals surface area contributed by atoms with Gasteiger partial charge in [-0.05, 0) is 68.9 Å². The maximum Gasteiger partial charge on any atom is 0.148 e. The topological polar surface area (TPSA) is 38.7 Å². The molecule has 0 fully saturated rings. The van der Waals surface area contributed by atoms with Gasteiger partial charge in [-0.1, -0.05) is 93.9 Å². The zero-order valence-corrected chi connectivity index (χ0v) is 25.6. The number of aryl methyl sites for hydroxylation is 1. The van der Waals surface area contributed by atoms with E-state index in [1.54, 1.807) is 7.11 Å². The van der Waals surface area contributed by atoms with Crippen LogP contribution < -0.4 is 4.74 Å². The molecule has 0 amide bonds. The van der Waals surface area contributed by atoms with Crippen LogP contribution in [0.2, 0.25) is 0 Å². The van der Waals surface area contributed by atoms with Gasteiger partial charge < -0.3 is 4.74 Å². The Kier molecular flexibility index (Phi) is 23.8. The first-order valence-electron chi connectivity index (χ1n) is 13.6. The fourth-order valence-electron chi connectivity index (χ4n) is 3.07. The molecule has 2 rings (SSSR count). The van der Waals surface area contributed by atoms with Crippen LogP contribution in [-0.2, 0) is 11.2 Å². The highest BCUT2D eigenvalue weighted by Gasteiger charge is 2.32. The summed E-state index contributed by atoms with van der Waals surface area (Å²) in [4.78, 5) is 16.4. The van der Waals surface area contributed by atoms with Crippen LogP contribution in [0, 0.1) is 17.8 Å². The van der Waals surface area contributed by atoms with Crippen molar-refractivity contribution in [3.63, 3.8) is 0 Å². The second kappa shape index (κ2) is 22.3. The molecular formula is C32H57NO2. The summed E-state index contributed by atoms with van der Waals surface area (Å²) in [5.41, 5.74) is 5.21. The van der Waals surface area contributed by atoms with Crippen LogP contribution in [0.5, 0.6) is 5.75 Å². The number of aliphatic imine (C=N–C) groups is 1. The monoisotopic (exact) mass is 487 g/mol. The number of allylic oxidation sites excluding steroid dienone is 3. The van der Waals surface area contributed by atoms with Gasteiger partial charge in [-0.25, -0.2) is 0 Å². The Morgan fingerprint density at radius 3 is 1.74 bits per heavy atom. The van der Waals surface area contributed by atoms with E-state index in [4.69, 9.17) is 4.74 Å². The largest absolute Gasteiger partial charge is 0.497 e. The molecule has 35 heavy (non-hydrogen) atoms. The van der Waals surface area contributed by atoms with Crippen LogP contribution in [0.3, 0.4) is 0 Å². The first kappa shape index (κ1) is 37.4. The van der Waals surface area contributed by atoms with Crippen molar-refractivity contribution in [3.05, 3.63) is 53.3 Å². The minimum Gasteiger partial charge on any atom is -0.497 e. The summed E-state index contributed by atoms with van der Waals surface area (Å²) in [6.07, 6.45) is 3.75. The van der Waals surface area contributed by atoms with Gasteiger partial charge in [0.2, 0.25) is 0 Å². The van der Waals surface area contributed by atoms with Crippen LogP contribution >= 0.6 is 0 Å². The van der Waals surface area contributed by atoms with Gasteiger partial charge in [-0.3, -0.25) is 9.79 Å². The Labute approximate surface area is 219 Å². The first-order valence-corrected chi connectivity index (χ1v) is 13.6. The fraction of sp³-hybridized carbons (Fsp3) is 0.625. The third kappa shape index (κ3) is 14.8. The van der Waals surface area contributed by atoms with E-state index in [9.17, 15) is 4.79 Å². The number of benzene rings is 1. The van der Waals surface area contributed by atoms with E-state index in [1.165, 1.54) is 18.4 Å². The number of rotatable bonds is 5. The first-order chi connectivity index (χ1) is 16.5. The third-order valence-corrected chi connectivity index (χ3v) is 5.96. The summed E-state index contributed by atoms with van der Waals surface area (Å²) in [5.74, 6) is 1.93. The molecule has 1 aliphatic carbocycles. The van der Waals surface area contributed by atoms with Gasteiger partial charge in [0, 0.05) is 11.6 Å². The van der Waals surface area contributed by atoms with E-state index in [0.717, 1.165) is 40.6 Å². The number of ketones is 1. The summed E-state index contributed by atoms with van der Waals surface area (Å²) in [5, 5.41) is 0. The van der Waals surface area contributed by atoms with Crippen molar-refractivity contribution in [2.24, 2.45) is 22.7 Å². The summed E-state index contributed by atoms with van der Waals surface area (Å²) in [6, 6.07) is 8.13. The van der Waals surface area contributed by atoms with Crippen LogP contribution in [0.1, 0.15) is 108 Å². The molecule has 1 aromatic rings. The highest BCUT2D eigenvalue weighted by Crippen LogP contribution is 2.34. The Hall–Kier alpha value is -2.16. The summed E-state index contributed by atoms with van der Waals surface area (Å²) < 4.78 is 5.01. The zero-order valence-electron chi connectivity index (χ0n) is 25.6. The Balaban J connectivity index is -0.000000443. The van der Waals surface area contributed by atoms with E-state index in [0.29, 0.717) is 0 Å². The number of carbonyl (C=O) groups excluding carboxylic acids is 1. The van der Waals surface area contributed by atoms with Crippen molar-refractivity contribution in [2.45, 2.75) is 109 Å². The van der Waals surface area contributed by atoms with Crippen molar-refractivity contribution >= 4 is 11.5 Å². The number of methoxy groups -OCH3 is 1. The van der Waals surface area contributed by atoms with Gasteiger partial charge in [0.05, 0.1) is 18.7 Å². The zero-order chi connectivity index (χ0) is 28.1. The van der Waals surface area contributed by atoms with Crippen molar-refractivity contribution in [1.29, 1.82) is 0 Å². The maximum absolute atomic E-state index is 11.9. The molecule has 0 heterocycles. The molecule has 1 aliphatic rings. The quantitative estimate of drug-likeness (QED) is 0.387. The molecule has 0 aliphatic heterocycles. The SMILES string of the molecule is C=C1C(C)=C(N=C(C)C)C(C)C(=O)C1C.CC.CC.CCC(C)CC.CCc1ccc(OC)cc1. The van der Waals surface area contributed by atoms with Gasteiger partial charge >= 0.3 is 0 Å². The highest BCUT2D eigenvalue weighted by molar-refractivity contribution is 5.92. The summed E-state index contributed by atoms with van der Waals surface area (Å²) in [6.45, 7) is 30.6. The lowest BCUT2D eigenvalue weighted by Crippen LogP contribution is -2.28. The number of Topliss-reactive ketones (excluding diaryl/α,β-unsaturated/α-hetero) is 1. The molecule has 3 heteroatoms. The van der Waals surface area contributed by atoms with E-state index in [-0.39, 0.29) is 17.6 Å². The van der Waals surface area contributed by atoms with Crippen molar-refractivity contribution in [1.82, 2.24) is 0 Å². The molecule has 202 valence electrons. The minimum absolute atomic E-state index is 0.0592. The van der Waals surface area contributed by atoms with Crippen molar-refractivity contribution in [2.75, 3.05) is 7.11 Å². The van der Waals surface area contributed by atoms with E-state index < -0.39 is 0 Å². The molecule has 0 bridgehead atoms. The second-order valence-electron chi connectivity index (χ2n) is 8.56. The smallest absolute Gasteiger partial charge is 0.148 e. The van der Waals surface area contributed by atoms with Crippen LogP contribution in [0.4, 0.5) is 0 Å². The van der Waals surface area contributed by atoms with Gasteiger partial charge in [0.15, 0.2) is 0 Å². The van der Waals surface area contributed by atoms with E-state index in [2.05, 4.69) is 51.4 Å². The lowest BCUT2D eigenvalue weighted by Gasteiger charge is -2.27. The highest BCUT2D eigenvalue weighted by atomic mass is 16.5. The molecule has 0 N–H and O–H groups in total.